The molecule has 0 unspecified atom stereocenters. The summed E-state index contributed by atoms with van der Waals surface area (Å²) in [6, 6.07) is 0. The summed E-state index contributed by atoms with van der Waals surface area (Å²) in [6.07, 6.45) is 0. The molecule has 6 nitrogen and oxygen atoms in total. The summed E-state index contributed by atoms with van der Waals surface area (Å²) in [4.78, 5) is 10.4. The molecule has 0 aliphatic rings. The van der Waals surface area contributed by atoms with Gasteiger partial charge in [0.15, 0.2) is 0 Å². The first-order valence-electron chi connectivity index (χ1n) is 1.82. The number of nitrogens with two attached hydrogens (primary N) is 1. The maximum atomic E-state index is 10.7. The third kappa shape index (κ3) is 2.09. The smallest absolute Gasteiger partial charge is 0.284 e. The van der Waals surface area contributed by atoms with Gasteiger partial charge in [-0.1, -0.05) is 0 Å². The van der Waals surface area contributed by atoms with Crippen LogP contribution in [-0.4, -0.2) is 5.65 Å². The molecule has 0 aromatic carbocycles. The lowest BCUT2D eigenvalue weighted by molar-refractivity contribution is 0.252. The Morgan fingerprint density at radius 3 is 2.00 bits per heavy atom. The van der Waals surface area contributed by atoms with E-state index >= 15 is 0 Å². The van der Waals surface area contributed by atoms with Crippen LogP contribution in [0.15, 0.2) is 0 Å². The van der Waals surface area contributed by atoms with Crippen LogP contribution < -0.4 is 11.3 Å². The van der Waals surface area contributed by atoms with Gasteiger partial charge in [0.2, 0.25) is 0 Å². The van der Waals surface area contributed by atoms with E-state index in [1.165, 1.54) is 5.43 Å². The number of rotatable bonds is 3. The van der Waals surface area contributed by atoms with Crippen molar-refractivity contribution in [3.8, 4) is 0 Å². The highest BCUT2D eigenvalue weighted by molar-refractivity contribution is 7.73. The summed E-state index contributed by atoms with van der Waals surface area (Å²) >= 11 is 9.19. The average Bonchev–Trinajstić information content (AvgIpc) is 2.01. The molecule has 0 saturated carbocycles. The number of hydrazine groups is 1. The van der Waals surface area contributed by atoms with Gasteiger partial charge in [-0.2, -0.15) is 8.15 Å². The molecule has 3 N–H and O–H groups in total. The first kappa shape index (κ1) is 10.2. The van der Waals surface area contributed by atoms with Crippen LogP contribution in [0.3, 0.4) is 0 Å². The molecular weight excluding hydrogens is 206 g/mol. The molecular formula is CH3Cl2N2O4P. The van der Waals surface area contributed by atoms with E-state index in [1.54, 1.807) is 0 Å². The Hall–Kier alpha value is 0.160. The Morgan fingerprint density at radius 1 is 1.50 bits per heavy atom. The maximum absolute atomic E-state index is 10.7. The van der Waals surface area contributed by atoms with Crippen molar-refractivity contribution in [2.24, 2.45) is 5.84 Å². The van der Waals surface area contributed by atoms with Gasteiger partial charge >= 0.3 is 13.2 Å². The zero-order valence-electron chi connectivity index (χ0n) is 4.41. The monoisotopic (exact) mass is 208 g/mol. The van der Waals surface area contributed by atoms with Crippen molar-refractivity contribution in [3.05, 3.63) is 0 Å². The minimum atomic E-state index is -4.12. The Balaban J connectivity index is 4.34. The fourth-order valence-corrected chi connectivity index (χ4v) is 1.09. The molecule has 1 amide bonds. The number of hydrogen-bond acceptors (Lipinski definition) is 5. The fourth-order valence-electron chi connectivity index (χ4n) is 0.152. The van der Waals surface area contributed by atoms with Crippen LogP contribution in [0.2, 0.25) is 0 Å². The number of nitrogens with one attached hydrogen (secondary N) is 1. The number of hydrogen-bond donors (Lipinski definition) is 2. The molecule has 0 atom stereocenters. The van der Waals surface area contributed by atoms with Crippen LogP contribution in [0, 0.1) is 0 Å². The highest BCUT2D eigenvalue weighted by Crippen LogP contribution is 2.50. The molecule has 0 saturated heterocycles. The standard InChI is InChI=1S/CH3Cl2N2O4P/c2-8-10(7,9-3)1(6)5-4/h4H2,(H,5,6). The van der Waals surface area contributed by atoms with E-state index in [1.807, 2.05) is 0 Å². The highest BCUT2D eigenvalue weighted by atomic mass is 35.5. The summed E-state index contributed by atoms with van der Waals surface area (Å²) in [6.45, 7) is 0. The zero-order valence-corrected chi connectivity index (χ0v) is 6.82. The van der Waals surface area contributed by atoms with Gasteiger partial charge in [0, 0.05) is 0 Å². The molecule has 0 aliphatic carbocycles. The van der Waals surface area contributed by atoms with Gasteiger partial charge < -0.3 is 0 Å². The van der Waals surface area contributed by atoms with Crippen molar-refractivity contribution < 1.29 is 17.5 Å². The van der Waals surface area contributed by atoms with Gasteiger partial charge in [0.1, 0.15) is 0 Å². The summed E-state index contributed by atoms with van der Waals surface area (Å²) in [5, 5.41) is 0. The van der Waals surface area contributed by atoms with Crippen molar-refractivity contribution in [3.63, 3.8) is 0 Å². The predicted octanol–water partition coefficient (Wildman–Crippen LogP) is 1.10. The van der Waals surface area contributed by atoms with E-state index in [2.05, 4.69) is 37.7 Å². The molecule has 0 radical (unpaired) electrons. The molecule has 10 heavy (non-hydrogen) atoms. The van der Waals surface area contributed by atoms with E-state index in [9.17, 15) is 9.36 Å². The van der Waals surface area contributed by atoms with Crippen molar-refractivity contribution in [1.29, 1.82) is 0 Å². The molecule has 0 bridgehead atoms. The molecule has 0 aliphatic heterocycles. The second kappa shape index (κ2) is 4.12. The quantitative estimate of drug-likeness (QED) is 0.314. The molecule has 60 valence electrons. The normalized spacial score (nSPS) is 11.1. The lowest BCUT2D eigenvalue weighted by Gasteiger charge is -2.05. The van der Waals surface area contributed by atoms with Gasteiger partial charge in [0.05, 0.1) is 23.7 Å². The molecule has 0 aromatic rings. The van der Waals surface area contributed by atoms with Crippen LogP contribution >= 0.6 is 31.3 Å². The molecule has 0 spiro atoms. The number of amides is 1. The average molecular weight is 209 g/mol. The van der Waals surface area contributed by atoms with Gasteiger partial charge in [-0.05, 0) is 0 Å². The topological polar surface area (TPSA) is 90.7 Å². The van der Waals surface area contributed by atoms with Gasteiger partial charge in [-0.15, -0.1) is 0 Å². The Morgan fingerprint density at radius 2 is 1.90 bits per heavy atom. The molecule has 0 heterocycles. The van der Waals surface area contributed by atoms with E-state index < -0.39 is 13.2 Å². The minimum absolute atomic E-state index is 1.22. The van der Waals surface area contributed by atoms with Crippen LogP contribution in [0.4, 0.5) is 4.79 Å². The van der Waals surface area contributed by atoms with E-state index in [4.69, 9.17) is 0 Å². The number of carbonyl (C=O) groups is 1. The van der Waals surface area contributed by atoms with E-state index in [0.29, 0.717) is 0 Å². The molecule has 9 heteroatoms. The SMILES string of the molecule is NNC(=O)P(=O)(OCl)OCl. The van der Waals surface area contributed by atoms with E-state index in [0.717, 1.165) is 0 Å². The third-order valence-electron chi connectivity index (χ3n) is 0.554. The second-order valence-corrected chi connectivity index (χ2v) is 3.59. The predicted molar refractivity (Wildman–Crippen MR) is 34.2 cm³/mol. The zero-order chi connectivity index (χ0) is 8.20. The second-order valence-electron chi connectivity index (χ2n) is 1.08. The Bertz CT molecular complexity index is 165. The lowest BCUT2D eigenvalue weighted by Crippen LogP contribution is -2.28. The summed E-state index contributed by atoms with van der Waals surface area (Å²) in [5.74, 6) is 4.56. The first-order chi connectivity index (χ1) is 4.60. The molecule has 0 fully saturated rings. The van der Waals surface area contributed by atoms with E-state index in [-0.39, 0.29) is 0 Å². The molecule has 0 rings (SSSR count). The van der Waals surface area contributed by atoms with Gasteiger partial charge in [-0.3, -0.25) is 10.2 Å². The Kier molecular flexibility index (Phi) is 4.19. The lowest BCUT2D eigenvalue weighted by atomic mass is 11.4. The largest absolute Gasteiger partial charge is 0.451 e. The summed E-state index contributed by atoms with van der Waals surface area (Å²) < 4.78 is 17.9. The van der Waals surface area contributed by atoms with Gasteiger partial charge in [-0.25, -0.2) is 10.4 Å². The minimum Gasteiger partial charge on any atom is -0.284 e. The van der Waals surface area contributed by atoms with Crippen molar-refractivity contribution in [1.82, 2.24) is 5.43 Å². The number of carbonyl (C=O) groups excluding carboxylic acids is 1. The third-order valence-corrected chi connectivity index (χ3v) is 2.63. The highest BCUT2D eigenvalue weighted by Gasteiger charge is 2.35. The summed E-state index contributed by atoms with van der Waals surface area (Å²) in [5.41, 5.74) is 0.262. The number of halogens is 2. The van der Waals surface area contributed by atoms with Crippen LogP contribution in [0.25, 0.3) is 0 Å². The van der Waals surface area contributed by atoms with Crippen LogP contribution in [0.1, 0.15) is 0 Å². The van der Waals surface area contributed by atoms with Gasteiger partial charge in [0.25, 0.3) is 0 Å². The van der Waals surface area contributed by atoms with Crippen LogP contribution in [-0.2, 0) is 12.7 Å². The molecule has 0 aromatic heterocycles. The first-order valence-corrected chi connectivity index (χ1v) is 3.98. The van der Waals surface area contributed by atoms with Crippen molar-refractivity contribution in [2.75, 3.05) is 0 Å². The summed E-state index contributed by atoms with van der Waals surface area (Å²) in [7, 11) is -4.12. The van der Waals surface area contributed by atoms with Crippen molar-refractivity contribution >= 4 is 37.0 Å². The maximum Gasteiger partial charge on any atom is 0.451 e. The Labute approximate surface area is 66.4 Å². The van der Waals surface area contributed by atoms with Crippen LogP contribution in [0.5, 0.6) is 0 Å². The van der Waals surface area contributed by atoms with Crippen molar-refractivity contribution in [2.45, 2.75) is 0 Å². The fraction of sp³-hybridized carbons (Fsp3) is 0.